The third-order valence-corrected chi connectivity index (χ3v) is 3.66. The van der Waals surface area contributed by atoms with E-state index in [4.69, 9.17) is 16.3 Å². The van der Waals surface area contributed by atoms with Crippen molar-refractivity contribution in [2.75, 3.05) is 31.7 Å². The molecule has 15 heavy (non-hydrogen) atoms. The number of anilines is 1. The topological polar surface area (TPSA) is 38.2 Å². The highest BCUT2D eigenvalue weighted by molar-refractivity contribution is 6.99. The van der Waals surface area contributed by atoms with Crippen molar-refractivity contribution >= 4 is 29.1 Å². The lowest BCUT2D eigenvalue weighted by Crippen LogP contribution is -2.28. The monoisotopic (exact) mass is 247 g/mol. The third kappa shape index (κ3) is 2.24. The van der Waals surface area contributed by atoms with Crippen molar-refractivity contribution in [1.82, 2.24) is 8.75 Å². The maximum Gasteiger partial charge on any atom is 0.187 e. The Kier molecular flexibility index (Phi) is 3.13. The molecule has 6 heteroatoms. The zero-order valence-electron chi connectivity index (χ0n) is 8.86. The van der Waals surface area contributed by atoms with Crippen LogP contribution >= 0.6 is 23.3 Å². The minimum absolute atomic E-state index is 0.210. The summed E-state index contributed by atoms with van der Waals surface area (Å²) in [5, 5.41) is 0.515. The molecule has 0 aromatic carbocycles. The van der Waals surface area contributed by atoms with Gasteiger partial charge in [-0.05, 0) is 6.42 Å². The summed E-state index contributed by atoms with van der Waals surface area (Å²) in [5.41, 5.74) is 0.210. The third-order valence-electron chi connectivity index (χ3n) is 2.78. The van der Waals surface area contributed by atoms with Crippen LogP contribution in [0.15, 0.2) is 0 Å². The molecule has 2 rings (SSSR count). The summed E-state index contributed by atoms with van der Waals surface area (Å²) in [7, 11) is 1.74. The van der Waals surface area contributed by atoms with Gasteiger partial charge in [0.05, 0.1) is 18.3 Å². The van der Waals surface area contributed by atoms with E-state index in [0.29, 0.717) is 5.15 Å². The van der Waals surface area contributed by atoms with Crippen molar-refractivity contribution in [3.8, 4) is 0 Å². The van der Waals surface area contributed by atoms with Crippen molar-refractivity contribution in [3.05, 3.63) is 5.15 Å². The number of hydrogen-bond acceptors (Lipinski definition) is 5. The largest absolute Gasteiger partial charge is 0.384 e. The molecule has 1 saturated heterocycles. The summed E-state index contributed by atoms with van der Waals surface area (Å²) in [6.45, 7) is 4.92. The van der Waals surface area contributed by atoms with Crippen LogP contribution in [0.25, 0.3) is 0 Å². The number of nitrogens with zero attached hydrogens (tertiary/aromatic N) is 3. The zero-order chi connectivity index (χ0) is 10.9. The van der Waals surface area contributed by atoms with E-state index in [-0.39, 0.29) is 5.41 Å². The fraction of sp³-hybridized carbons (Fsp3) is 0.778. The molecule has 1 fully saturated rings. The van der Waals surface area contributed by atoms with Crippen LogP contribution in [0.3, 0.4) is 0 Å². The van der Waals surface area contributed by atoms with Crippen molar-refractivity contribution < 1.29 is 4.74 Å². The molecule has 1 aliphatic heterocycles. The lowest BCUT2D eigenvalue weighted by molar-refractivity contribution is 0.106. The molecule has 0 aliphatic carbocycles. The van der Waals surface area contributed by atoms with Gasteiger partial charge in [0.2, 0.25) is 0 Å². The molecule has 2 heterocycles. The number of ether oxygens (including phenoxy) is 1. The number of hydrogen-bond donors (Lipinski definition) is 0. The van der Waals surface area contributed by atoms with E-state index in [2.05, 4.69) is 20.6 Å². The second kappa shape index (κ2) is 4.23. The summed E-state index contributed by atoms with van der Waals surface area (Å²) in [6, 6.07) is 0. The molecule has 0 bridgehead atoms. The molecule has 1 atom stereocenters. The molecule has 0 radical (unpaired) electrons. The molecular formula is C9H14ClN3OS. The minimum Gasteiger partial charge on any atom is -0.384 e. The van der Waals surface area contributed by atoms with Crippen LogP contribution in [0, 0.1) is 5.41 Å². The van der Waals surface area contributed by atoms with Gasteiger partial charge in [-0.2, -0.15) is 8.75 Å². The first-order valence-corrected chi connectivity index (χ1v) is 5.97. The Morgan fingerprint density at radius 2 is 2.40 bits per heavy atom. The van der Waals surface area contributed by atoms with E-state index in [1.807, 2.05) is 0 Å². The molecule has 1 aliphatic rings. The summed E-state index contributed by atoms with van der Waals surface area (Å²) < 4.78 is 13.4. The Hall–Kier alpha value is -0.390. The summed E-state index contributed by atoms with van der Waals surface area (Å²) in [6.07, 6.45) is 1.11. The Bertz CT molecular complexity index is 346. The van der Waals surface area contributed by atoms with Gasteiger partial charge in [0, 0.05) is 25.6 Å². The van der Waals surface area contributed by atoms with Gasteiger partial charge in [-0.1, -0.05) is 18.5 Å². The fourth-order valence-electron chi connectivity index (χ4n) is 2.03. The highest BCUT2D eigenvalue weighted by Gasteiger charge is 2.35. The van der Waals surface area contributed by atoms with Crippen LogP contribution in [-0.4, -0.2) is 35.6 Å². The first-order valence-electron chi connectivity index (χ1n) is 4.86. The first-order chi connectivity index (χ1) is 7.14. The van der Waals surface area contributed by atoms with E-state index in [1.54, 1.807) is 7.11 Å². The number of halogens is 1. The summed E-state index contributed by atoms with van der Waals surface area (Å²) in [5.74, 6) is 0.821. The van der Waals surface area contributed by atoms with Crippen LogP contribution in [0.4, 0.5) is 5.82 Å². The number of aromatic nitrogens is 2. The summed E-state index contributed by atoms with van der Waals surface area (Å²) in [4.78, 5) is 2.19. The van der Waals surface area contributed by atoms with Gasteiger partial charge in [-0.3, -0.25) is 0 Å². The van der Waals surface area contributed by atoms with Gasteiger partial charge in [0.1, 0.15) is 0 Å². The van der Waals surface area contributed by atoms with Crippen molar-refractivity contribution in [2.24, 2.45) is 5.41 Å². The normalized spacial score (nSPS) is 26.2. The Labute approximate surface area is 98.5 Å². The predicted molar refractivity (Wildman–Crippen MR) is 61.7 cm³/mol. The number of rotatable bonds is 3. The summed E-state index contributed by atoms with van der Waals surface area (Å²) >= 11 is 7.12. The maximum absolute atomic E-state index is 5.95. The van der Waals surface area contributed by atoms with Gasteiger partial charge in [0.25, 0.3) is 0 Å². The molecule has 0 saturated carbocycles. The first kappa shape index (κ1) is 11.1. The Morgan fingerprint density at radius 1 is 1.60 bits per heavy atom. The fourth-order valence-corrected chi connectivity index (χ4v) is 2.81. The van der Waals surface area contributed by atoms with E-state index < -0.39 is 0 Å². The van der Waals surface area contributed by atoms with E-state index in [0.717, 1.165) is 43.7 Å². The second-order valence-corrected chi connectivity index (χ2v) is 5.18. The highest BCUT2D eigenvalue weighted by atomic mass is 35.5. The van der Waals surface area contributed by atoms with E-state index in [1.165, 1.54) is 0 Å². The van der Waals surface area contributed by atoms with Crippen LogP contribution in [-0.2, 0) is 4.74 Å². The molecule has 0 amide bonds. The molecule has 1 unspecified atom stereocenters. The maximum atomic E-state index is 5.95. The standard InChI is InChI=1S/C9H14ClN3OS/c1-9(6-14-2)3-4-13(5-9)8-7(10)11-15-12-8/h3-6H2,1-2H3. The predicted octanol–water partition coefficient (Wildman–Crippen LogP) is 2.05. The molecule has 1 aromatic heterocycles. The Morgan fingerprint density at radius 3 is 3.00 bits per heavy atom. The van der Waals surface area contributed by atoms with Gasteiger partial charge in [0.15, 0.2) is 11.0 Å². The van der Waals surface area contributed by atoms with Crippen molar-refractivity contribution in [2.45, 2.75) is 13.3 Å². The van der Waals surface area contributed by atoms with Gasteiger partial charge < -0.3 is 9.64 Å². The lowest BCUT2D eigenvalue weighted by Gasteiger charge is -2.23. The highest BCUT2D eigenvalue weighted by Crippen LogP contribution is 2.35. The molecular weight excluding hydrogens is 234 g/mol. The van der Waals surface area contributed by atoms with Crippen LogP contribution in [0.1, 0.15) is 13.3 Å². The SMILES string of the molecule is COCC1(C)CCN(c2nsnc2Cl)C1. The average Bonchev–Trinajstić information content (AvgIpc) is 2.73. The van der Waals surface area contributed by atoms with Gasteiger partial charge in [-0.15, -0.1) is 0 Å². The van der Waals surface area contributed by atoms with Crippen LogP contribution < -0.4 is 4.90 Å². The average molecular weight is 248 g/mol. The lowest BCUT2D eigenvalue weighted by atomic mass is 9.91. The van der Waals surface area contributed by atoms with Crippen LogP contribution in [0.2, 0.25) is 5.15 Å². The molecule has 4 nitrogen and oxygen atoms in total. The van der Waals surface area contributed by atoms with Crippen molar-refractivity contribution in [1.29, 1.82) is 0 Å². The van der Waals surface area contributed by atoms with Gasteiger partial charge >= 0.3 is 0 Å². The second-order valence-electron chi connectivity index (χ2n) is 4.29. The Balaban J connectivity index is 2.07. The molecule has 84 valence electrons. The number of methoxy groups -OCH3 is 1. The van der Waals surface area contributed by atoms with E-state index in [9.17, 15) is 0 Å². The van der Waals surface area contributed by atoms with E-state index >= 15 is 0 Å². The quantitative estimate of drug-likeness (QED) is 0.820. The van der Waals surface area contributed by atoms with Crippen molar-refractivity contribution in [3.63, 3.8) is 0 Å². The zero-order valence-corrected chi connectivity index (χ0v) is 10.4. The molecule has 1 aromatic rings. The van der Waals surface area contributed by atoms with Gasteiger partial charge in [-0.25, -0.2) is 0 Å². The smallest absolute Gasteiger partial charge is 0.187 e. The molecule has 0 spiro atoms. The molecule has 0 N–H and O–H groups in total. The minimum atomic E-state index is 0.210. The van der Waals surface area contributed by atoms with Crippen LogP contribution in [0.5, 0.6) is 0 Å².